The van der Waals surface area contributed by atoms with Gasteiger partial charge in [-0.1, -0.05) is 6.42 Å². The van der Waals surface area contributed by atoms with E-state index in [1.807, 2.05) is 6.20 Å². The third kappa shape index (κ3) is 2.32. The zero-order chi connectivity index (χ0) is 12.5. The van der Waals surface area contributed by atoms with Crippen LogP contribution in [0.3, 0.4) is 0 Å². The lowest BCUT2D eigenvalue weighted by Gasteiger charge is -2.24. The molecule has 0 saturated heterocycles. The molecule has 0 amide bonds. The first-order chi connectivity index (χ1) is 8.76. The molecule has 2 N–H and O–H groups in total. The molecule has 3 rings (SSSR count). The molecular formula is C13H19BrN4. The average molecular weight is 311 g/mol. The highest BCUT2D eigenvalue weighted by molar-refractivity contribution is 9.10. The summed E-state index contributed by atoms with van der Waals surface area (Å²) in [5, 5.41) is 6.75. The van der Waals surface area contributed by atoms with Gasteiger partial charge in [-0.3, -0.25) is 0 Å². The first-order valence-corrected chi connectivity index (χ1v) is 7.58. The van der Waals surface area contributed by atoms with E-state index in [0.29, 0.717) is 12.0 Å². The molecule has 1 heterocycles. The van der Waals surface area contributed by atoms with E-state index in [4.69, 9.17) is 0 Å². The van der Waals surface area contributed by atoms with E-state index in [-0.39, 0.29) is 0 Å². The predicted octanol–water partition coefficient (Wildman–Crippen LogP) is 3.27. The van der Waals surface area contributed by atoms with Crippen molar-refractivity contribution in [3.05, 3.63) is 10.7 Å². The van der Waals surface area contributed by atoms with E-state index >= 15 is 0 Å². The lowest BCUT2D eigenvalue weighted by atomic mass is 9.95. The van der Waals surface area contributed by atoms with Gasteiger partial charge in [-0.05, 0) is 54.0 Å². The second kappa shape index (κ2) is 5.03. The number of nitrogens with one attached hydrogen (secondary N) is 2. The molecule has 5 heteroatoms. The highest BCUT2D eigenvalue weighted by Gasteiger charge is 2.39. The van der Waals surface area contributed by atoms with Crippen LogP contribution in [-0.4, -0.2) is 22.6 Å². The normalized spacial score (nSPS) is 29.6. The Morgan fingerprint density at radius 1 is 1.39 bits per heavy atom. The standard InChI is InChI=1S/C13H19BrN4/c1-2-15-13-16-7-10(14)12(18-13)17-11-6-8-3-4-9(11)5-8/h7-9,11H,2-6H2,1H3,(H2,15,16,17,18). The topological polar surface area (TPSA) is 49.8 Å². The fraction of sp³-hybridized carbons (Fsp3) is 0.692. The van der Waals surface area contributed by atoms with E-state index in [1.54, 1.807) is 0 Å². The van der Waals surface area contributed by atoms with Crippen LogP contribution in [-0.2, 0) is 0 Å². The molecule has 0 radical (unpaired) electrons. The fourth-order valence-electron chi connectivity index (χ4n) is 3.31. The van der Waals surface area contributed by atoms with Crippen molar-refractivity contribution in [3.8, 4) is 0 Å². The number of nitrogens with zero attached hydrogens (tertiary/aromatic N) is 2. The minimum Gasteiger partial charge on any atom is -0.366 e. The molecule has 2 fully saturated rings. The number of aromatic nitrogens is 2. The van der Waals surface area contributed by atoms with Gasteiger partial charge in [0.2, 0.25) is 5.95 Å². The van der Waals surface area contributed by atoms with Crippen LogP contribution in [0.2, 0.25) is 0 Å². The third-order valence-corrected chi connectivity index (χ3v) is 4.72. The molecule has 1 aromatic rings. The summed E-state index contributed by atoms with van der Waals surface area (Å²) in [5.41, 5.74) is 0. The Morgan fingerprint density at radius 2 is 2.28 bits per heavy atom. The summed E-state index contributed by atoms with van der Waals surface area (Å²) in [7, 11) is 0. The SMILES string of the molecule is CCNc1ncc(Br)c(NC2CC3CCC2C3)n1. The lowest BCUT2D eigenvalue weighted by Crippen LogP contribution is -2.26. The lowest BCUT2D eigenvalue weighted by molar-refractivity contribution is 0.439. The van der Waals surface area contributed by atoms with Crippen molar-refractivity contribution in [3.63, 3.8) is 0 Å². The van der Waals surface area contributed by atoms with Crippen LogP contribution in [0.1, 0.15) is 32.6 Å². The highest BCUT2D eigenvalue weighted by Crippen LogP contribution is 2.45. The Balaban J connectivity index is 1.73. The van der Waals surface area contributed by atoms with Crippen molar-refractivity contribution in [1.82, 2.24) is 9.97 Å². The quantitative estimate of drug-likeness (QED) is 0.896. The summed E-state index contributed by atoms with van der Waals surface area (Å²) in [5.74, 6) is 3.42. The van der Waals surface area contributed by atoms with Crippen molar-refractivity contribution < 1.29 is 0 Å². The molecule has 2 aliphatic carbocycles. The maximum absolute atomic E-state index is 4.53. The van der Waals surface area contributed by atoms with Gasteiger partial charge < -0.3 is 10.6 Å². The average Bonchev–Trinajstić information content (AvgIpc) is 2.96. The molecule has 0 aliphatic heterocycles. The van der Waals surface area contributed by atoms with Crippen molar-refractivity contribution in [1.29, 1.82) is 0 Å². The third-order valence-electron chi connectivity index (χ3n) is 4.14. The predicted molar refractivity (Wildman–Crippen MR) is 76.8 cm³/mol. The van der Waals surface area contributed by atoms with Crippen LogP contribution >= 0.6 is 15.9 Å². The minimum absolute atomic E-state index is 0.601. The van der Waals surface area contributed by atoms with Gasteiger partial charge in [0.05, 0.1) is 4.47 Å². The van der Waals surface area contributed by atoms with Gasteiger partial charge in [-0.2, -0.15) is 4.98 Å². The van der Waals surface area contributed by atoms with Crippen LogP contribution < -0.4 is 10.6 Å². The number of hydrogen-bond donors (Lipinski definition) is 2. The Labute approximate surface area is 116 Å². The van der Waals surface area contributed by atoms with Crippen molar-refractivity contribution in [2.75, 3.05) is 17.2 Å². The van der Waals surface area contributed by atoms with Gasteiger partial charge in [0, 0.05) is 18.8 Å². The second-order valence-electron chi connectivity index (χ2n) is 5.35. The van der Waals surface area contributed by atoms with Crippen LogP contribution in [0.25, 0.3) is 0 Å². The molecule has 1 aromatic heterocycles. The van der Waals surface area contributed by atoms with Crippen LogP contribution in [0.15, 0.2) is 10.7 Å². The van der Waals surface area contributed by atoms with Gasteiger partial charge in [0.25, 0.3) is 0 Å². The molecule has 4 nitrogen and oxygen atoms in total. The fourth-order valence-corrected chi connectivity index (χ4v) is 3.61. The van der Waals surface area contributed by atoms with Gasteiger partial charge >= 0.3 is 0 Å². The Kier molecular flexibility index (Phi) is 3.41. The summed E-state index contributed by atoms with van der Waals surface area (Å²) in [6, 6.07) is 0.601. The molecule has 2 saturated carbocycles. The number of fused-ring (bicyclic) bond motifs is 2. The number of halogens is 1. The van der Waals surface area contributed by atoms with Gasteiger partial charge in [0.1, 0.15) is 5.82 Å². The first-order valence-electron chi connectivity index (χ1n) is 6.79. The minimum atomic E-state index is 0.601. The first kappa shape index (κ1) is 12.2. The van der Waals surface area contributed by atoms with E-state index in [9.17, 15) is 0 Å². The van der Waals surface area contributed by atoms with Gasteiger partial charge in [-0.15, -0.1) is 0 Å². The number of anilines is 2. The van der Waals surface area contributed by atoms with E-state index < -0.39 is 0 Å². The molecule has 3 atom stereocenters. The maximum atomic E-state index is 4.53. The van der Waals surface area contributed by atoms with Crippen molar-refractivity contribution in [2.24, 2.45) is 11.8 Å². The number of hydrogen-bond acceptors (Lipinski definition) is 4. The van der Waals surface area contributed by atoms with E-state index in [2.05, 4.69) is 43.5 Å². The molecule has 3 unspecified atom stereocenters. The molecule has 2 bridgehead atoms. The second-order valence-corrected chi connectivity index (χ2v) is 6.20. The highest BCUT2D eigenvalue weighted by atomic mass is 79.9. The van der Waals surface area contributed by atoms with Crippen LogP contribution in [0.4, 0.5) is 11.8 Å². The van der Waals surface area contributed by atoms with Crippen LogP contribution in [0, 0.1) is 11.8 Å². The Morgan fingerprint density at radius 3 is 2.94 bits per heavy atom. The zero-order valence-electron chi connectivity index (χ0n) is 10.6. The molecule has 0 aromatic carbocycles. The van der Waals surface area contributed by atoms with Crippen molar-refractivity contribution in [2.45, 2.75) is 38.6 Å². The Bertz CT molecular complexity index is 437. The van der Waals surface area contributed by atoms with Crippen LogP contribution in [0.5, 0.6) is 0 Å². The monoisotopic (exact) mass is 310 g/mol. The number of rotatable bonds is 4. The van der Waals surface area contributed by atoms with Gasteiger partial charge in [0.15, 0.2) is 0 Å². The molecule has 98 valence electrons. The molecular weight excluding hydrogens is 292 g/mol. The summed E-state index contributed by atoms with van der Waals surface area (Å²) in [6.07, 6.45) is 7.33. The zero-order valence-corrected chi connectivity index (χ0v) is 12.2. The summed E-state index contributed by atoms with van der Waals surface area (Å²) in [4.78, 5) is 8.77. The smallest absolute Gasteiger partial charge is 0.224 e. The molecule has 0 spiro atoms. The molecule has 2 aliphatic rings. The maximum Gasteiger partial charge on any atom is 0.224 e. The summed E-state index contributed by atoms with van der Waals surface area (Å²) < 4.78 is 0.951. The van der Waals surface area contributed by atoms with E-state index in [0.717, 1.165) is 28.7 Å². The van der Waals surface area contributed by atoms with E-state index in [1.165, 1.54) is 25.7 Å². The van der Waals surface area contributed by atoms with Crippen molar-refractivity contribution >= 4 is 27.7 Å². The summed E-state index contributed by atoms with van der Waals surface area (Å²) >= 11 is 3.53. The van der Waals surface area contributed by atoms with Gasteiger partial charge in [-0.25, -0.2) is 4.98 Å². The molecule has 18 heavy (non-hydrogen) atoms. The largest absolute Gasteiger partial charge is 0.366 e. The Hall–Kier alpha value is -0.840. The summed E-state index contributed by atoms with van der Waals surface area (Å²) in [6.45, 7) is 2.89.